The first-order valence-corrected chi connectivity index (χ1v) is 13.5. The number of carbonyl (C=O) groups excluding carboxylic acids is 2. The average molecular weight is 547 g/mol. The van der Waals surface area contributed by atoms with Gasteiger partial charge in [0.05, 0.1) is 19.3 Å². The lowest BCUT2D eigenvalue weighted by Crippen LogP contribution is -2.53. The first-order valence-electron chi connectivity index (χ1n) is 13.1. The first kappa shape index (κ1) is 31.4. The highest BCUT2D eigenvalue weighted by Gasteiger charge is 2.39. The zero-order chi connectivity index (χ0) is 28.7. The highest BCUT2D eigenvalue weighted by atomic mass is 35.5. The summed E-state index contributed by atoms with van der Waals surface area (Å²) < 4.78 is 10.4. The average Bonchev–Trinajstić information content (AvgIpc) is 2.82. The molecule has 0 saturated heterocycles. The maximum atomic E-state index is 13.3. The van der Waals surface area contributed by atoms with Gasteiger partial charge < -0.3 is 25.2 Å². The van der Waals surface area contributed by atoms with Crippen molar-refractivity contribution < 1.29 is 24.2 Å². The lowest BCUT2D eigenvalue weighted by Gasteiger charge is -2.40. The Morgan fingerprint density at radius 2 is 1.76 bits per heavy atom. The number of amides is 2. The quantitative estimate of drug-likeness (QED) is 0.269. The molecule has 0 radical (unpaired) electrons. The van der Waals surface area contributed by atoms with Crippen LogP contribution in [-0.2, 0) is 16.7 Å². The number of methoxy groups -OCH3 is 1. The number of urea groups is 1. The molecular weight excluding hydrogens is 504 g/mol. The van der Waals surface area contributed by atoms with E-state index in [0.29, 0.717) is 10.7 Å². The summed E-state index contributed by atoms with van der Waals surface area (Å²) in [5, 5.41) is 16.9. The molecule has 8 heteroatoms. The summed E-state index contributed by atoms with van der Waals surface area (Å²) in [6, 6.07) is 10.1. The van der Waals surface area contributed by atoms with E-state index in [1.807, 2.05) is 39.0 Å². The van der Waals surface area contributed by atoms with Crippen molar-refractivity contribution in [2.45, 2.75) is 66.8 Å². The van der Waals surface area contributed by atoms with Crippen LogP contribution in [0.4, 0.5) is 10.5 Å². The van der Waals surface area contributed by atoms with E-state index in [2.05, 4.69) is 31.4 Å². The molecule has 210 valence electrons. The van der Waals surface area contributed by atoms with Gasteiger partial charge in [-0.2, -0.15) is 0 Å². The number of aryl methyl sites for hydroxylation is 1. The van der Waals surface area contributed by atoms with Crippen LogP contribution >= 0.6 is 11.6 Å². The molecule has 0 aliphatic rings. The molecule has 0 heterocycles. The van der Waals surface area contributed by atoms with E-state index in [4.69, 9.17) is 21.1 Å². The number of rotatable bonds is 11. The largest absolute Gasteiger partial charge is 0.496 e. The number of esters is 1. The molecule has 0 aliphatic heterocycles. The van der Waals surface area contributed by atoms with Gasteiger partial charge in [-0.25, -0.2) is 9.59 Å². The molecule has 0 aromatic heterocycles. The Kier molecular flexibility index (Phi) is 11.0. The molecule has 38 heavy (non-hydrogen) atoms. The van der Waals surface area contributed by atoms with Crippen molar-refractivity contribution in [1.29, 1.82) is 0 Å². The van der Waals surface area contributed by atoms with Crippen LogP contribution in [0.5, 0.6) is 5.75 Å². The zero-order valence-electron chi connectivity index (χ0n) is 23.9. The van der Waals surface area contributed by atoms with Crippen LogP contribution in [0.1, 0.15) is 76.4 Å². The molecule has 0 saturated carbocycles. The minimum Gasteiger partial charge on any atom is -0.496 e. The number of benzene rings is 2. The fourth-order valence-electron chi connectivity index (χ4n) is 4.57. The summed E-state index contributed by atoms with van der Waals surface area (Å²) in [6.07, 6.45) is 1.85. The summed E-state index contributed by atoms with van der Waals surface area (Å²) in [5.74, 6) is -0.436. The second kappa shape index (κ2) is 13.3. The van der Waals surface area contributed by atoms with Gasteiger partial charge in [-0.3, -0.25) is 0 Å². The van der Waals surface area contributed by atoms with Crippen LogP contribution in [0.25, 0.3) is 0 Å². The summed E-state index contributed by atoms with van der Waals surface area (Å²) in [5.41, 5.74) is 1.83. The number of anilines is 1. The third kappa shape index (κ3) is 8.11. The van der Waals surface area contributed by atoms with Crippen molar-refractivity contribution in [2.24, 2.45) is 17.3 Å². The highest BCUT2D eigenvalue weighted by Crippen LogP contribution is 2.37. The Hall–Kier alpha value is -2.77. The molecule has 7 nitrogen and oxygen atoms in total. The minimum atomic E-state index is -0.922. The Bertz CT molecular complexity index is 1110. The third-order valence-corrected chi connectivity index (χ3v) is 7.22. The van der Waals surface area contributed by atoms with Crippen LogP contribution in [0.3, 0.4) is 0 Å². The maximum absolute atomic E-state index is 13.3. The van der Waals surface area contributed by atoms with E-state index in [1.165, 1.54) is 7.11 Å². The minimum absolute atomic E-state index is 0.0635. The monoisotopic (exact) mass is 546 g/mol. The molecule has 3 N–H and O–H groups in total. The SMILES string of the molecule is CCOC(=O)c1ccc(NC(=O)N[C@@](C)(c2ccc(CCC(C)(C)C)c(Cl)c2)C(CO)C(C)C)cc1OC. The third-order valence-electron chi connectivity index (χ3n) is 6.87. The zero-order valence-corrected chi connectivity index (χ0v) is 24.7. The number of nitrogens with one attached hydrogen (secondary N) is 2. The van der Waals surface area contributed by atoms with Crippen molar-refractivity contribution in [3.8, 4) is 5.75 Å². The fourth-order valence-corrected chi connectivity index (χ4v) is 4.84. The fraction of sp³-hybridized carbons (Fsp3) is 0.533. The number of hydrogen-bond donors (Lipinski definition) is 3. The Morgan fingerprint density at radius 3 is 2.29 bits per heavy atom. The lowest BCUT2D eigenvalue weighted by atomic mass is 9.74. The molecule has 2 aromatic rings. The van der Waals surface area contributed by atoms with Gasteiger partial charge in [-0.15, -0.1) is 0 Å². The van der Waals surface area contributed by atoms with Crippen molar-refractivity contribution >= 4 is 29.3 Å². The van der Waals surface area contributed by atoms with E-state index in [9.17, 15) is 14.7 Å². The van der Waals surface area contributed by atoms with Gasteiger partial charge in [0.2, 0.25) is 0 Å². The normalized spacial score (nSPS) is 14.0. The number of carbonyl (C=O) groups is 2. The second-order valence-electron chi connectivity index (χ2n) is 11.3. The van der Waals surface area contributed by atoms with Crippen molar-refractivity contribution in [1.82, 2.24) is 5.32 Å². The van der Waals surface area contributed by atoms with E-state index < -0.39 is 17.5 Å². The van der Waals surface area contributed by atoms with Crippen LogP contribution in [-0.4, -0.2) is 37.4 Å². The van der Waals surface area contributed by atoms with Gasteiger partial charge in [-0.05, 0) is 67.3 Å². The second-order valence-corrected chi connectivity index (χ2v) is 11.7. The van der Waals surface area contributed by atoms with Crippen LogP contribution in [0.15, 0.2) is 36.4 Å². The molecular formula is C30H43ClN2O5. The summed E-state index contributed by atoms with van der Waals surface area (Å²) >= 11 is 6.71. The summed E-state index contributed by atoms with van der Waals surface area (Å²) in [4.78, 5) is 25.4. The number of ether oxygens (including phenoxy) is 2. The number of halogens is 1. The molecule has 2 atom stereocenters. The van der Waals surface area contributed by atoms with E-state index in [-0.39, 0.29) is 41.8 Å². The predicted octanol–water partition coefficient (Wildman–Crippen LogP) is 6.81. The molecule has 0 bridgehead atoms. The molecule has 1 unspecified atom stereocenters. The Morgan fingerprint density at radius 1 is 1.08 bits per heavy atom. The van der Waals surface area contributed by atoms with Crippen molar-refractivity contribution in [2.75, 3.05) is 25.6 Å². The molecule has 2 aromatic carbocycles. The number of aliphatic hydroxyl groups excluding tert-OH is 1. The van der Waals surface area contributed by atoms with E-state index >= 15 is 0 Å². The Balaban J connectivity index is 2.36. The van der Waals surface area contributed by atoms with Crippen LogP contribution in [0, 0.1) is 17.3 Å². The highest BCUT2D eigenvalue weighted by molar-refractivity contribution is 6.31. The smallest absolute Gasteiger partial charge is 0.341 e. The summed E-state index contributed by atoms with van der Waals surface area (Å²) in [7, 11) is 1.45. The van der Waals surface area contributed by atoms with Crippen molar-refractivity contribution in [3.63, 3.8) is 0 Å². The molecule has 2 amide bonds. The van der Waals surface area contributed by atoms with Gasteiger partial charge in [-0.1, -0.05) is 58.4 Å². The summed E-state index contributed by atoms with van der Waals surface area (Å²) in [6.45, 7) is 14.4. The van der Waals surface area contributed by atoms with Crippen molar-refractivity contribution in [3.05, 3.63) is 58.1 Å². The standard InChI is InChI=1S/C30H43ClN2O5/c1-9-38-27(35)23-13-12-22(17-26(23)37-8)32-28(36)33-30(7,24(18-34)19(2)3)21-11-10-20(25(31)16-21)14-15-29(4,5)6/h10-13,16-17,19,24,34H,9,14-15,18H2,1-8H3,(H2,32,33,36)/t24?,30-/m0/s1. The molecule has 0 spiro atoms. The van der Waals surface area contributed by atoms with Gasteiger partial charge in [0.25, 0.3) is 0 Å². The predicted molar refractivity (Wildman–Crippen MR) is 153 cm³/mol. The molecule has 0 aliphatic carbocycles. The van der Waals surface area contributed by atoms with Gasteiger partial charge in [0.15, 0.2) is 0 Å². The Labute approximate surface area is 232 Å². The van der Waals surface area contributed by atoms with Crippen LogP contribution < -0.4 is 15.4 Å². The number of hydrogen-bond acceptors (Lipinski definition) is 5. The van der Waals surface area contributed by atoms with Gasteiger partial charge in [0, 0.05) is 29.3 Å². The van der Waals surface area contributed by atoms with E-state index in [0.717, 1.165) is 24.0 Å². The molecule has 2 rings (SSSR count). The maximum Gasteiger partial charge on any atom is 0.341 e. The van der Waals surface area contributed by atoms with E-state index in [1.54, 1.807) is 25.1 Å². The first-order chi connectivity index (χ1) is 17.7. The van der Waals surface area contributed by atoms with Gasteiger partial charge >= 0.3 is 12.0 Å². The number of aliphatic hydroxyl groups is 1. The van der Waals surface area contributed by atoms with Gasteiger partial charge in [0.1, 0.15) is 11.3 Å². The van der Waals surface area contributed by atoms with Crippen LogP contribution in [0.2, 0.25) is 5.02 Å². The lowest BCUT2D eigenvalue weighted by molar-refractivity contribution is 0.0522. The molecule has 0 fully saturated rings. The topological polar surface area (TPSA) is 96.9 Å².